The minimum Gasteiger partial charge on any atom is -0.465 e. The fraction of sp³-hybridized carbons (Fsp3) is 0.417. The monoisotopic (exact) mass is 224 g/mol. The van der Waals surface area contributed by atoms with Gasteiger partial charge < -0.3 is 4.74 Å². The van der Waals surface area contributed by atoms with Crippen LogP contribution in [0.2, 0.25) is 0 Å². The maximum absolute atomic E-state index is 11.4. The third-order valence-corrected chi connectivity index (χ3v) is 3.24. The molecule has 0 amide bonds. The molecule has 3 heteroatoms. The van der Waals surface area contributed by atoms with Crippen LogP contribution in [-0.2, 0) is 10.5 Å². The van der Waals surface area contributed by atoms with Crippen molar-refractivity contribution in [2.45, 2.75) is 19.1 Å². The van der Waals surface area contributed by atoms with Crippen molar-refractivity contribution in [3.63, 3.8) is 0 Å². The summed E-state index contributed by atoms with van der Waals surface area (Å²) in [4.78, 5) is 11.4. The summed E-state index contributed by atoms with van der Waals surface area (Å²) in [5, 5.41) is 0. The molecule has 0 aliphatic carbocycles. The predicted molar refractivity (Wildman–Crippen MR) is 64.2 cm³/mol. The lowest BCUT2D eigenvalue weighted by molar-refractivity contribution is 0.0600. The van der Waals surface area contributed by atoms with Crippen molar-refractivity contribution in [3.05, 3.63) is 35.4 Å². The second-order valence-corrected chi connectivity index (χ2v) is 4.31. The van der Waals surface area contributed by atoms with Gasteiger partial charge in [0.05, 0.1) is 12.7 Å². The van der Waals surface area contributed by atoms with Crippen molar-refractivity contribution in [1.29, 1.82) is 0 Å². The first-order chi connectivity index (χ1) is 7.29. The van der Waals surface area contributed by atoms with Crippen molar-refractivity contribution in [3.8, 4) is 0 Å². The van der Waals surface area contributed by atoms with E-state index in [1.54, 1.807) is 0 Å². The van der Waals surface area contributed by atoms with Gasteiger partial charge in [0.15, 0.2) is 0 Å². The molecule has 0 heterocycles. The number of carbonyl (C=O) groups excluding carboxylic acids is 1. The number of benzene rings is 1. The van der Waals surface area contributed by atoms with Gasteiger partial charge in [-0.1, -0.05) is 25.1 Å². The Morgan fingerprint density at radius 1 is 1.40 bits per heavy atom. The van der Waals surface area contributed by atoms with E-state index >= 15 is 0 Å². The van der Waals surface area contributed by atoms with Crippen LogP contribution in [0, 0.1) is 0 Å². The molecule has 0 radical (unpaired) electrons. The molecule has 15 heavy (non-hydrogen) atoms. The number of carbonyl (C=O) groups is 1. The third-order valence-electron chi connectivity index (χ3n) is 2.03. The minimum atomic E-state index is -0.248. The number of methoxy groups -OCH3 is 1. The van der Waals surface area contributed by atoms with Gasteiger partial charge >= 0.3 is 5.97 Å². The summed E-state index contributed by atoms with van der Waals surface area (Å²) in [6.07, 6.45) is 1.16. The van der Waals surface area contributed by atoms with Crippen molar-refractivity contribution in [2.24, 2.45) is 0 Å². The Morgan fingerprint density at radius 3 is 2.80 bits per heavy atom. The van der Waals surface area contributed by atoms with E-state index in [0.29, 0.717) is 5.56 Å². The Hall–Kier alpha value is -0.960. The zero-order valence-corrected chi connectivity index (χ0v) is 9.97. The van der Waals surface area contributed by atoms with Crippen LogP contribution in [0.3, 0.4) is 0 Å². The van der Waals surface area contributed by atoms with E-state index in [0.717, 1.165) is 23.5 Å². The number of hydrogen-bond acceptors (Lipinski definition) is 3. The molecule has 1 aromatic carbocycles. The first-order valence-corrected chi connectivity index (χ1v) is 6.19. The van der Waals surface area contributed by atoms with Gasteiger partial charge in [-0.3, -0.25) is 0 Å². The molecule has 0 saturated heterocycles. The lowest BCUT2D eigenvalue weighted by Gasteiger charge is -2.06. The van der Waals surface area contributed by atoms with Crippen molar-refractivity contribution >= 4 is 17.7 Å². The van der Waals surface area contributed by atoms with Crippen LogP contribution in [-0.4, -0.2) is 18.8 Å². The molecular formula is C12H16O2S. The molecule has 0 saturated carbocycles. The van der Waals surface area contributed by atoms with E-state index in [4.69, 9.17) is 4.74 Å². The molecule has 0 aromatic heterocycles. The zero-order valence-electron chi connectivity index (χ0n) is 9.16. The maximum atomic E-state index is 11.4. The molecule has 82 valence electrons. The van der Waals surface area contributed by atoms with Gasteiger partial charge in [0.2, 0.25) is 0 Å². The van der Waals surface area contributed by atoms with Crippen molar-refractivity contribution in [1.82, 2.24) is 0 Å². The van der Waals surface area contributed by atoms with Gasteiger partial charge in [-0.25, -0.2) is 4.79 Å². The van der Waals surface area contributed by atoms with Crippen molar-refractivity contribution < 1.29 is 9.53 Å². The van der Waals surface area contributed by atoms with E-state index in [-0.39, 0.29) is 5.97 Å². The highest BCUT2D eigenvalue weighted by Crippen LogP contribution is 2.17. The lowest BCUT2D eigenvalue weighted by Crippen LogP contribution is -2.04. The zero-order chi connectivity index (χ0) is 11.1. The van der Waals surface area contributed by atoms with E-state index < -0.39 is 0 Å². The largest absolute Gasteiger partial charge is 0.465 e. The molecule has 0 aliphatic rings. The van der Waals surface area contributed by atoms with E-state index in [1.165, 1.54) is 7.11 Å². The van der Waals surface area contributed by atoms with E-state index in [2.05, 4.69) is 6.92 Å². The molecule has 0 aliphatic heterocycles. The van der Waals surface area contributed by atoms with Crippen LogP contribution < -0.4 is 0 Å². The Kier molecular flexibility index (Phi) is 5.26. The standard InChI is InChI=1S/C12H16O2S/c1-3-8-15-9-10-6-4-5-7-11(10)12(13)14-2/h4-7H,3,8-9H2,1-2H3. The fourth-order valence-electron chi connectivity index (χ4n) is 1.28. The molecule has 0 fully saturated rings. The second-order valence-electron chi connectivity index (χ2n) is 3.20. The highest BCUT2D eigenvalue weighted by Gasteiger charge is 2.09. The van der Waals surface area contributed by atoms with Gasteiger partial charge in [0.1, 0.15) is 0 Å². The van der Waals surface area contributed by atoms with Gasteiger partial charge in [-0.15, -0.1) is 0 Å². The summed E-state index contributed by atoms with van der Waals surface area (Å²) in [6, 6.07) is 7.61. The number of hydrogen-bond donors (Lipinski definition) is 0. The van der Waals surface area contributed by atoms with Crippen LogP contribution in [0.15, 0.2) is 24.3 Å². The highest BCUT2D eigenvalue weighted by atomic mass is 32.2. The number of ether oxygens (including phenoxy) is 1. The smallest absolute Gasteiger partial charge is 0.338 e. The molecule has 0 spiro atoms. The van der Waals surface area contributed by atoms with Crippen LogP contribution >= 0.6 is 11.8 Å². The quantitative estimate of drug-likeness (QED) is 0.568. The summed E-state index contributed by atoms with van der Waals surface area (Å²) in [7, 11) is 1.41. The molecular weight excluding hydrogens is 208 g/mol. The second kappa shape index (κ2) is 6.51. The third kappa shape index (κ3) is 3.59. The first kappa shape index (κ1) is 12.1. The summed E-state index contributed by atoms with van der Waals surface area (Å²) in [6.45, 7) is 2.15. The molecule has 1 aromatic rings. The Morgan fingerprint density at radius 2 is 2.13 bits per heavy atom. The highest BCUT2D eigenvalue weighted by molar-refractivity contribution is 7.98. The Balaban J connectivity index is 2.73. The van der Waals surface area contributed by atoms with Crippen LogP contribution in [0.4, 0.5) is 0 Å². The number of esters is 1. The summed E-state index contributed by atoms with van der Waals surface area (Å²) < 4.78 is 4.74. The van der Waals surface area contributed by atoms with Gasteiger partial charge in [-0.05, 0) is 23.8 Å². The molecule has 1 rings (SSSR count). The van der Waals surface area contributed by atoms with Gasteiger partial charge in [0.25, 0.3) is 0 Å². The number of thioether (sulfide) groups is 1. The van der Waals surface area contributed by atoms with Crippen LogP contribution in [0.1, 0.15) is 29.3 Å². The molecule has 0 bridgehead atoms. The molecule has 0 unspecified atom stereocenters. The summed E-state index contributed by atoms with van der Waals surface area (Å²) >= 11 is 1.84. The van der Waals surface area contributed by atoms with Gasteiger partial charge in [-0.2, -0.15) is 11.8 Å². The Labute approximate surface area is 95.0 Å². The van der Waals surface area contributed by atoms with E-state index in [1.807, 2.05) is 36.0 Å². The minimum absolute atomic E-state index is 0.248. The Bertz CT molecular complexity index is 323. The maximum Gasteiger partial charge on any atom is 0.338 e. The number of rotatable bonds is 5. The summed E-state index contributed by atoms with van der Waals surface area (Å²) in [5.41, 5.74) is 1.74. The first-order valence-electron chi connectivity index (χ1n) is 5.03. The van der Waals surface area contributed by atoms with Crippen LogP contribution in [0.5, 0.6) is 0 Å². The summed E-state index contributed by atoms with van der Waals surface area (Å²) in [5.74, 6) is 1.75. The predicted octanol–water partition coefficient (Wildman–Crippen LogP) is 3.12. The molecule has 2 nitrogen and oxygen atoms in total. The molecule has 0 N–H and O–H groups in total. The normalized spacial score (nSPS) is 10.0. The SMILES string of the molecule is CCCSCc1ccccc1C(=O)OC. The topological polar surface area (TPSA) is 26.3 Å². The van der Waals surface area contributed by atoms with Crippen LogP contribution in [0.25, 0.3) is 0 Å². The van der Waals surface area contributed by atoms with E-state index in [9.17, 15) is 4.79 Å². The van der Waals surface area contributed by atoms with Gasteiger partial charge in [0, 0.05) is 5.75 Å². The average Bonchev–Trinajstić information content (AvgIpc) is 2.29. The lowest BCUT2D eigenvalue weighted by atomic mass is 10.1. The molecule has 0 atom stereocenters. The van der Waals surface area contributed by atoms with Crippen molar-refractivity contribution in [2.75, 3.05) is 12.9 Å². The average molecular weight is 224 g/mol. The fourth-order valence-corrected chi connectivity index (χ4v) is 2.19.